The second-order valence-electron chi connectivity index (χ2n) is 9.43. The molecule has 174 valence electrons. The molecule has 3 aliphatic rings. The first-order chi connectivity index (χ1) is 15.4. The Morgan fingerprint density at radius 3 is 2.38 bits per heavy atom. The van der Waals surface area contributed by atoms with Crippen molar-refractivity contribution < 1.29 is 13.2 Å². The number of sulfone groups is 1. The third kappa shape index (κ3) is 5.62. The number of nitriles is 1. The van der Waals surface area contributed by atoms with E-state index in [2.05, 4.69) is 15.9 Å². The molecule has 0 spiro atoms. The number of carbonyl (C=O) groups excluding carboxylic acids is 1. The summed E-state index contributed by atoms with van der Waals surface area (Å²) in [7, 11) is -3.03. The smallest absolute Gasteiger partial charge is 0.237 e. The van der Waals surface area contributed by atoms with E-state index in [0.29, 0.717) is 18.5 Å². The van der Waals surface area contributed by atoms with Gasteiger partial charge in [0.05, 0.1) is 29.7 Å². The SMILES string of the molecule is N#Cc1ccc(N2CCCN(CC(=O)N(C3CCCCC3)C3CCS(=O)(=O)C3)CC2)cc1. The van der Waals surface area contributed by atoms with Crippen LogP contribution in [0.15, 0.2) is 24.3 Å². The zero-order valence-corrected chi connectivity index (χ0v) is 19.6. The standard InChI is InChI=1S/C24H34N4O3S/c25-17-20-7-9-21(10-8-20)27-13-4-12-26(14-15-27)18-24(29)28(22-5-2-1-3-6-22)23-11-16-32(30,31)19-23/h7-10,22-23H,1-6,11-16,18-19H2. The van der Waals surface area contributed by atoms with Crippen LogP contribution in [0.2, 0.25) is 0 Å². The third-order valence-electron chi connectivity index (χ3n) is 7.17. The maximum Gasteiger partial charge on any atom is 0.237 e. The lowest BCUT2D eigenvalue weighted by atomic mass is 9.92. The Morgan fingerprint density at radius 2 is 1.72 bits per heavy atom. The fourth-order valence-corrected chi connectivity index (χ4v) is 7.18. The number of carbonyl (C=O) groups is 1. The molecule has 8 heteroatoms. The van der Waals surface area contributed by atoms with E-state index in [1.165, 1.54) is 6.42 Å². The van der Waals surface area contributed by atoms with E-state index in [1.54, 1.807) is 0 Å². The van der Waals surface area contributed by atoms with Crippen LogP contribution in [-0.2, 0) is 14.6 Å². The first-order valence-corrected chi connectivity index (χ1v) is 13.8. The molecule has 2 saturated heterocycles. The topological polar surface area (TPSA) is 84.7 Å². The monoisotopic (exact) mass is 458 g/mol. The Morgan fingerprint density at radius 1 is 0.969 bits per heavy atom. The molecule has 1 unspecified atom stereocenters. The van der Waals surface area contributed by atoms with E-state index in [0.717, 1.165) is 64.0 Å². The summed E-state index contributed by atoms with van der Waals surface area (Å²) in [4.78, 5) is 20.0. The van der Waals surface area contributed by atoms with Gasteiger partial charge in [0.25, 0.3) is 0 Å². The summed E-state index contributed by atoms with van der Waals surface area (Å²) in [5, 5.41) is 9.01. The summed E-state index contributed by atoms with van der Waals surface area (Å²) in [6.45, 7) is 3.78. The van der Waals surface area contributed by atoms with E-state index in [1.807, 2.05) is 29.2 Å². The van der Waals surface area contributed by atoms with Crippen LogP contribution in [0.1, 0.15) is 50.5 Å². The van der Waals surface area contributed by atoms with Crippen LogP contribution >= 0.6 is 0 Å². The Labute approximate surface area is 191 Å². The number of hydrogen-bond donors (Lipinski definition) is 0. The minimum Gasteiger partial charge on any atom is -0.370 e. The molecule has 1 aliphatic carbocycles. The van der Waals surface area contributed by atoms with E-state index >= 15 is 0 Å². The summed E-state index contributed by atoms with van der Waals surface area (Å²) in [6.07, 6.45) is 6.99. The summed E-state index contributed by atoms with van der Waals surface area (Å²) in [5.41, 5.74) is 1.77. The van der Waals surface area contributed by atoms with Gasteiger partial charge in [0.1, 0.15) is 0 Å². The van der Waals surface area contributed by atoms with E-state index in [4.69, 9.17) is 5.26 Å². The van der Waals surface area contributed by atoms with Crippen molar-refractivity contribution in [3.63, 3.8) is 0 Å². The number of amides is 1. The summed E-state index contributed by atoms with van der Waals surface area (Å²) in [5.74, 6) is 0.435. The van der Waals surface area contributed by atoms with Crippen molar-refractivity contribution in [2.45, 2.75) is 57.0 Å². The fourth-order valence-electron chi connectivity index (χ4n) is 5.47. The van der Waals surface area contributed by atoms with Crippen LogP contribution in [0.5, 0.6) is 0 Å². The van der Waals surface area contributed by atoms with Gasteiger partial charge in [-0.2, -0.15) is 5.26 Å². The van der Waals surface area contributed by atoms with Gasteiger partial charge in [0.2, 0.25) is 5.91 Å². The first kappa shape index (κ1) is 23.1. The van der Waals surface area contributed by atoms with Crippen molar-refractivity contribution in [1.82, 2.24) is 9.80 Å². The second kappa shape index (κ2) is 10.2. The lowest BCUT2D eigenvalue weighted by molar-refractivity contribution is -0.137. The largest absolute Gasteiger partial charge is 0.370 e. The van der Waals surface area contributed by atoms with Gasteiger partial charge in [-0.05, 0) is 49.9 Å². The number of benzene rings is 1. The van der Waals surface area contributed by atoms with Gasteiger partial charge in [0, 0.05) is 44.0 Å². The molecule has 1 aromatic carbocycles. The average molecular weight is 459 g/mol. The maximum atomic E-state index is 13.5. The molecule has 0 bridgehead atoms. The molecule has 0 N–H and O–H groups in total. The maximum absolute atomic E-state index is 13.5. The lowest BCUT2D eigenvalue weighted by Gasteiger charge is -2.39. The van der Waals surface area contributed by atoms with Crippen molar-refractivity contribution in [2.75, 3.05) is 49.1 Å². The molecule has 0 aromatic heterocycles. The number of nitrogens with zero attached hydrogens (tertiary/aromatic N) is 4. The minimum atomic E-state index is -3.03. The summed E-state index contributed by atoms with van der Waals surface area (Å²) >= 11 is 0. The Balaban J connectivity index is 1.39. The third-order valence-corrected chi connectivity index (χ3v) is 8.92. The van der Waals surface area contributed by atoms with Crippen molar-refractivity contribution in [2.24, 2.45) is 0 Å². The van der Waals surface area contributed by atoms with Crippen molar-refractivity contribution >= 4 is 21.4 Å². The van der Waals surface area contributed by atoms with Gasteiger partial charge in [-0.25, -0.2) is 8.42 Å². The number of rotatable bonds is 5. The second-order valence-corrected chi connectivity index (χ2v) is 11.7. The highest BCUT2D eigenvalue weighted by atomic mass is 32.2. The van der Waals surface area contributed by atoms with Crippen molar-refractivity contribution in [1.29, 1.82) is 5.26 Å². The van der Waals surface area contributed by atoms with Gasteiger partial charge < -0.3 is 9.80 Å². The molecule has 2 aliphatic heterocycles. The first-order valence-electron chi connectivity index (χ1n) is 11.9. The fraction of sp³-hybridized carbons (Fsp3) is 0.667. The van der Waals surface area contributed by atoms with Crippen LogP contribution < -0.4 is 4.90 Å². The molecular formula is C24H34N4O3S. The van der Waals surface area contributed by atoms with Gasteiger partial charge in [-0.3, -0.25) is 9.69 Å². The molecule has 2 heterocycles. The van der Waals surface area contributed by atoms with Gasteiger partial charge in [-0.15, -0.1) is 0 Å². The van der Waals surface area contributed by atoms with E-state index < -0.39 is 9.84 Å². The van der Waals surface area contributed by atoms with Crippen LogP contribution in [0.4, 0.5) is 5.69 Å². The lowest BCUT2D eigenvalue weighted by Crippen LogP contribution is -2.52. The normalized spacial score (nSPS) is 24.6. The van der Waals surface area contributed by atoms with E-state index in [9.17, 15) is 13.2 Å². The highest BCUT2D eigenvalue weighted by molar-refractivity contribution is 7.91. The van der Waals surface area contributed by atoms with Crippen LogP contribution in [0.25, 0.3) is 0 Å². The predicted molar refractivity (Wildman–Crippen MR) is 125 cm³/mol. The molecule has 1 saturated carbocycles. The minimum absolute atomic E-state index is 0.103. The van der Waals surface area contributed by atoms with Crippen LogP contribution in [-0.4, -0.2) is 80.4 Å². The predicted octanol–water partition coefficient (Wildman–Crippen LogP) is 2.42. The highest BCUT2D eigenvalue weighted by Crippen LogP contribution is 2.28. The molecule has 3 fully saturated rings. The van der Waals surface area contributed by atoms with Crippen molar-refractivity contribution in [3.05, 3.63) is 29.8 Å². The number of hydrogen-bond acceptors (Lipinski definition) is 6. The molecule has 1 atom stereocenters. The van der Waals surface area contributed by atoms with Crippen LogP contribution in [0.3, 0.4) is 0 Å². The Hall–Kier alpha value is -2.11. The van der Waals surface area contributed by atoms with Gasteiger partial charge >= 0.3 is 0 Å². The summed E-state index contributed by atoms with van der Waals surface area (Å²) < 4.78 is 24.3. The molecule has 1 amide bonds. The quantitative estimate of drug-likeness (QED) is 0.674. The molecule has 4 rings (SSSR count). The molecule has 7 nitrogen and oxygen atoms in total. The highest BCUT2D eigenvalue weighted by Gasteiger charge is 2.38. The Kier molecular flexibility index (Phi) is 7.37. The van der Waals surface area contributed by atoms with Crippen LogP contribution in [0, 0.1) is 11.3 Å². The molecular weight excluding hydrogens is 424 g/mol. The van der Waals surface area contributed by atoms with E-state index in [-0.39, 0.29) is 29.5 Å². The summed E-state index contributed by atoms with van der Waals surface area (Å²) in [6, 6.07) is 9.87. The van der Waals surface area contributed by atoms with Gasteiger partial charge in [0.15, 0.2) is 9.84 Å². The molecule has 1 aromatic rings. The van der Waals surface area contributed by atoms with Crippen molar-refractivity contribution in [3.8, 4) is 6.07 Å². The number of anilines is 1. The van der Waals surface area contributed by atoms with Gasteiger partial charge in [-0.1, -0.05) is 19.3 Å². The zero-order valence-electron chi connectivity index (χ0n) is 18.8. The Bertz CT molecular complexity index is 935. The molecule has 0 radical (unpaired) electrons. The molecule has 32 heavy (non-hydrogen) atoms. The average Bonchev–Trinajstić information content (AvgIpc) is 3.00. The zero-order chi connectivity index (χ0) is 22.6.